The number of rotatable bonds is 7. The Kier molecular flexibility index (Phi) is 7.86. The molecule has 0 fully saturated rings. The van der Waals surface area contributed by atoms with Crippen molar-refractivity contribution < 1.29 is 38.2 Å². The van der Waals surface area contributed by atoms with Crippen LogP contribution < -0.4 is 4.74 Å². The molecule has 3 rings (SSSR count). The van der Waals surface area contributed by atoms with Crippen molar-refractivity contribution in [2.24, 2.45) is 5.92 Å². The standard InChI is InChI=1S/C28H31NO8/c1-27(2,3)36-25(33)20(26(34)37-28(4,5)6)14-15-29-22(30)19-13-12-18(16-21(19)23(29)31)35-24(32)17-10-8-7-9-11-17/h7-13,16,20H,14-15H2,1-6H3. The van der Waals surface area contributed by atoms with Gasteiger partial charge in [0.2, 0.25) is 0 Å². The molecular weight excluding hydrogens is 478 g/mol. The van der Waals surface area contributed by atoms with Gasteiger partial charge in [-0.2, -0.15) is 0 Å². The second kappa shape index (κ2) is 10.5. The minimum Gasteiger partial charge on any atom is -0.459 e. The Hall–Kier alpha value is -4.01. The molecule has 2 aromatic rings. The van der Waals surface area contributed by atoms with Gasteiger partial charge in [0.25, 0.3) is 11.8 Å². The molecule has 196 valence electrons. The predicted molar refractivity (Wildman–Crippen MR) is 133 cm³/mol. The average Bonchev–Trinajstić information content (AvgIpc) is 3.01. The number of fused-ring (bicyclic) bond motifs is 1. The zero-order valence-electron chi connectivity index (χ0n) is 21.8. The van der Waals surface area contributed by atoms with Crippen LogP contribution in [0, 0.1) is 5.92 Å². The van der Waals surface area contributed by atoms with Crippen LogP contribution in [0.15, 0.2) is 48.5 Å². The van der Waals surface area contributed by atoms with Crippen LogP contribution in [-0.2, 0) is 19.1 Å². The lowest BCUT2D eigenvalue weighted by Crippen LogP contribution is -2.40. The molecule has 0 aliphatic carbocycles. The highest BCUT2D eigenvalue weighted by Gasteiger charge is 2.39. The first-order valence-electron chi connectivity index (χ1n) is 11.9. The topological polar surface area (TPSA) is 116 Å². The van der Waals surface area contributed by atoms with Gasteiger partial charge in [0.1, 0.15) is 17.0 Å². The highest BCUT2D eigenvalue weighted by molar-refractivity contribution is 6.21. The van der Waals surface area contributed by atoms with Crippen molar-refractivity contribution in [1.82, 2.24) is 4.90 Å². The Morgan fingerprint density at radius 1 is 0.784 bits per heavy atom. The van der Waals surface area contributed by atoms with Crippen molar-refractivity contribution in [1.29, 1.82) is 0 Å². The van der Waals surface area contributed by atoms with Crippen molar-refractivity contribution in [2.45, 2.75) is 59.2 Å². The van der Waals surface area contributed by atoms with E-state index in [1.165, 1.54) is 18.2 Å². The SMILES string of the molecule is CC(C)(C)OC(=O)C(CCN1C(=O)c2ccc(OC(=O)c3ccccc3)cc2C1=O)C(=O)OC(C)(C)C. The van der Waals surface area contributed by atoms with Gasteiger partial charge in [-0.15, -0.1) is 0 Å². The van der Waals surface area contributed by atoms with Gasteiger partial charge < -0.3 is 14.2 Å². The van der Waals surface area contributed by atoms with Gasteiger partial charge in [0.15, 0.2) is 5.92 Å². The molecule has 2 amide bonds. The molecule has 0 N–H and O–H groups in total. The van der Waals surface area contributed by atoms with Crippen LogP contribution >= 0.6 is 0 Å². The summed E-state index contributed by atoms with van der Waals surface area (Å²) in [6, 6.07) is 12.5. The van der Waals surface area contributed by atoms with Crippen LogP contribution in [0.5, 0.6) is 5.75 Å². The Bertz CT molecular complexity index is 1190. The van der Waals surface area contributed by atoms with E-state index in [0.717, 1.165) is 4.90 Å². The normalized spacial score (nSPS) is 13.4. The van der Waals surface area contributed by atoms with E-state index in [0.29, 0.717) is 5.56 Å². The number of carbonyl (C=O) groups is 5. The van der Waals surface area contributed by atoms with Gasteiger partial charge >= 0.3 is 17.9 Å². The second-order valence-corrected chi connectivity index (χ2v) is 10.6. The first-order valence-corrected chi connectivity index (χ1v) is 11.9. The fraction of sp³-hybridized carbons (Fsp3) is 0.393. The Balaban J connectivity index is 1.75. The Morgan fingerprint density at radius 2 is 1.32 bits per heavy atom. The summed E-state index contributed by atoms with van der Waals surface area (Å²) in [5.74, 6) is -4.62. The van der Waals surface area contributed by atoms with E-state index in [-0.39, 0.29) is 29.8 Å². The Labute approximate surface area is 215 Å². The lowest BCUT2D eigenvalue weighted by atomic mass is 10.0. The fourth-order valence-electron chi connectivity index (χ4n) is 3.61. The second-order valence-electron chi connectivity index (χ2n) is 10.6. The maximum Gasteiger partial charge on any atom is 0.343 e. The van der Waals surface area contributed by atoms with E-state index in [1.54, 1.807) is 71.9 Å². The lowest BCUT2D eigenvalue weighted by Gasteiger charge is -2.27. The number of esters is 3. The van der Waals surface area contributed by atoms with Gasteiger partial charge in [-0.05, 0) is 78.3 Å². The number of imide groups is 1. The summed E-state index contributed by atoms with van der Waals surface area (Å²) in [5, 5.41) is 0. The van der Waals surface area contributed by atoms with E-state index in [4.69, 9.17) is 14.2 Å². The van der Waals surface area contributed by atoms with Crippen LogP contribution in [0.2, 0.25) is 0 Å². The molecule has 0 spiro atoms. The van der Waals surface area contributed by atoms with Gasteiger partial charge in [-0.3, -0.25) is 24.1 Å². The Morgan fingerprint density at radius 3 is 1.86 bits per heavy atom. The number of hydrogen-bond donors (Lipinski definition) is 0. The van der Waals surface area contributed by atoms with Gasteiger partial charge in [-0.1, -0.05) is 18.2 Å². The number of hydrogen-bond acceptors (Lipinski definition) is 8. The minimum atomic E-state index is -1.33. The fourth-order valence-corrected chi connectivity index (χ4v) is 3.61. The lowest BCUT2D eigenvalue weighted by molar-refractivity contribution is -0.174. The molecule has 0 saturated carbocycles. The van der Waals surface area contributed by atoms with E-state index in [1.807, 2.05) is 0 Å². The number of benzene rings is 2. The van der Waals surface area contributed by atoms with E-state index in [9.17, 15) is 24.0 Å². The summed E-state index contributed by atoms with van der Waals surface area (Å²) in [6.45, 7) is 9.81. The summed E-state index contributed by atoms with van der Waals surface area (Å²) < 4.78 is 16.1. The van der Waals surface area contributed by atoms with Crippen LogP contribution in [0.3, 0.4) is 0 Å². The molecular formula is C28H31NO8. The number of carbonyl (C=O) groups excluding carboxylic acids is 5. The quantitative estimate of drug-likeness (QED) is 0.236. The first kappa shape index (κ1) is 27.6. The minimum absolute atomic E-state index is 0.0643. The number of ether oxygens (including phenoxy) is 3. The molecule has 9 heteroatoms. The third kappa shape index (κ3) is 7.03. The van der Waals surface area contributed by atoms with Gasteiger partial charge in [0.05, 0.1) is 16.7 Å². The smallest absolute Gasteiger partial charge is 0.343 e. The summed E-state index contributed by atoms with van der Waals surface area (Å²) in [6.07, 6.45) is -0.175. The van der Waals surface area contributed by atoms with Crippen LogP contribution in [0.1, 0.15) is 79.0 Å². The number of nitrogens with zero attached hydrogens (tertiary/aromatic N) is 1. The van der Waals surface area contributed by atoms with E-state index >= 15 is 0 Å². The highest BCUT2D eigenvalue weighted by Crippen LogP contribution is 2.28. The average molecular weight is 510 g/mol. The molecule has 0 saturated heterocycles. The molecule has 1 heterocycles. The van der Waals surface area contributed by atoms with E-state index < -0.39 is 46.8 Å². The summed E-state index contributed by atoms with van der Waals surface area (Å²) in [4.78, 5) is 64.9. The van der Waals surface area contributed by atoms with Crippen molar-refractivity contribution in [3.8, 4) is 5.75 Å². The summed E-state index contributed by atoms with van der Waals surface area (Å²) in [7, 11) is 0. The molecule has 1 aliphatic rings. The van der Waals surface area contributed by atoms with E-state index in [2.05, 4.69) is 0 Å². The molecule has 37 heavy (non-hydrogen) atoms. The molecule has 0 atom stereocenters. The first-order chi connectivity index (χ1) is 17.2. The molecule has 0 unspecified atom stereocenters. The van der Waals surface area contributed by atoms with Gasteiger partial charge in [-0.25, -0.2) is 4.79 Å². The zero-order valence-corrected chi connectivity index (χ0v) is 21.8. The van der Waals surface area contributed by atoms with Crippen molar-refractivity contribution >= 4 is 29.7 Å². The van der Waals surface area contributed by atoms with Crippen LogP contribution in [0.25, 0.3) is 0 Å². The molecule has 0 radical (unpaired) electrons. The predicted octanol–water partition coefficient (Wildman–Crippen LogP) is 4.19. The van der Waals surface area contributed by atoms with Crippen molar-refractivity contribution in [3.63, 3.8) is 0 Å². The third-order valence-electron chi connectivity index (χ3n) is 5.19. The van der Waals surface area contributed by atoms with Gasteiger partial charge in [0, 0.05) is 6.54 Å². The highest BCUT2D eigenvalue weighted by atomic mass is 16.6. The van der Waals surface area contributed by atoms with Crippen LogP contribution in [-0.4, -0.2) is 52.4 Å². The summed E-state index contributed by atoms with van der Waals surface area (Å²) >= 11 is 0. The molecule has 9 nitrogen and oxygen atoms in total. The monoisotopic (exact) mass is 509 g/mol. The van der Waals surface area contributed by atoms with Crippen LogP contribution in [0.4, 0.5) is 0 Å². The maximum atomic E-state index is 13.1. The number of amides is 2. The third-order valence-corrected chi connectivity index (χ3v) is 5.19. The molecule has 0 bridgehead atoms. The zero-order chi connectivity index (χ0) is 27.5. The van der Waals surface area contributed by atoms with Crippen molar-refractivity contribution in [2.75, 3.05) is 6.54 Å². The maximum absolute atomic E-state index is 13.1. The largest absolute Gasteiger partial charge is 0.459 e. The summed E-state index contributed by atoms with van der Waals surface area (Å²) in [5.41, 5.74) is -1.16. The molecule has 2 aromatic carbocycles. The molecule has 1 aliphatic heterocycles. The molecule has 0 aromatic heterocycles. The van der Waals surface area contributed by atoms with Crippen molar-refractivity contribution in [3.05, 3.63) is 65.2 Å².